The number of hydrogen-bond donors (Lipinski definition) is 2. The fourth-order valence-electron chi connectivity index (χ4n) is 2.71. The molecule has 1 saturated heterocycles. The van der Waals surface area contributed by atoms with Crippen molar-refractivity contribution in [2.45, 2.75) is 25.4 Å². The zero-order valence-corrected chi connectivity index (χ0v) is 14.2. The van der Waals surface area contributed by atoms with Gasteiger partial charge in [-0.05, 0) is 49.2 Å². The average Bonchev–Trinajstić information content (AvgIpc) is 3.16. The number of amides is 1. The van der Waals surface area contributed by atoms with E-state index >= 15 is 0 Å². The van der Waals surface area contributed by atoms with Crippen LogP contribution in [0.2, 0.25) is 0 Å². The molecular formula is C20H24N2O3. The Hall–Kier alpha value is -2.53. The molecule has 5 heteroatoms. The molecule has 1 amide bonds. The van der Waals surface area contributed by atoms with Crippen LogP contribution in [0.5, 0.6) is 11.5 Å². The molecular weight excluding hydrogens is 316 g/mol. The van der Waals surface area contributed by atoms with Crippen molar-refractivity contribution < 1.29 is 14.3 Å². The van der Waals surface area contributed by atoms with E-state index < -0.39 is 0 Å². The highest BCUT2D eigenvalue weighted by atomic mass is 16.5. The molecule has 1 atom stereocenters. The van der Waals surface area contributed by atoms with Gasteiger partial charge in [-0.15, -0.1) is 0 Å². The van der Waals surface area contributed by atoms with Crippen LogP contribution >= 0.6 is 0 Å². The number of ether oxygens (including phenoxy) is 2. The first kappa shape index (κ1) is 17.3. The molecule has 1 aliphatic heterocycles. The van der Waals surface area contributed by atoms with E-state index in [1.165, 1.54) is 0 Å². The summed E-state index contributed by atoms with van der Waals surface area (Å²) in [7, 11) is 0. The summed E-state index contributed by atoms with van der Waals surface area (Å²) >= 11 is 0. The van der Waals surface area contributed by atoms with Gasteiger partial charge in [0.2, 0.25) is 5.91 Å². The van der Waals surface area contributed by atoms with Gasteiger partial charge < -0.3 is 20.1 Å². The molecule has 2 aromatic rings. The number of anilines is 1. The standard InChI is InChI=1S/C20H24N2O3/c23-20(22-15-19-7-4-14-24-19)12-13-21-16-8-10-18(11-9-16)25-17-5-2-1-3-6-17/h1-3,5-6,8-11,19,21H,4,7,12-15H2,(H,22,23). The lowest BCUT2D eigenvalue weighted by Crippen LogP contribution is -2.32. The van der Waals surface area contributed by atoms with E-state index in [4.69, 9.17) is 9.47 Å². The van der Waals surface area contributed by atoms with Crippen LogP contribution in [0.25, 0.3) is 0 Å². The Bertz CT molecular complexity index is 652. The monoisotopic (exact) mass is 340 g/mol. The molecule has 25 heavy (non-hydrogen) atoms. The van der Waals surface area contributed by atoms with Crippen LogP contribution in [0.15, 0.2) is 54.6 Å². The predicted octanol–water partition coefficient (Wildman–Crippen LogP) is 3.58. The van der Waals surface area contributed by atoms with E-state index in [1.54, 1.807) is 0 Å². The summed E-state index contributed by atoms with van der Waals surface area (Å²) in [5, 5.41) is 6.17. The normalized spacial score (nSPS) is 16.4. The summed E-state index contributed by atoms with van der Waals surface area (Å²) in [5.41, 5.74) is 0.965. The number of benzene rings is 2. The van der Waals surface area contributed by atoms with Crippen molar-refractivity contribution in [3.63, 3.8) is 0 Å². The van der Waals surface area contributed by atoms with Gasteiger partial charge in [-0.2, -0.15) is 0 Å². The quantitative estimate of drug-likeness (QED) is 0.771. The molecule has 0 aliphatic carbocycles. The highest BCUT2D eigenvalue weighted by molar-refractivity contribution is 5.76. The zero-order chi connectivity index (χ0) is 17.3. The van der Waals surface area contributed by atoms with Crippen LogP contribution in [0.4, 0.5) is 5.69 Å². The van der Waals surface area contributed by atoms with Gasteiger partial charge in [0.25, 0.3) is 0 Å². The summed E-state index contributed by atoms with van der Waals surface area (Å²) in [5.74, 6) is 1.64. The van der Waals surface area contributed by atoms with Gasteiger partial charge in [-0.3, -0.25) is 4.79 Å². The third kappa shape index (κ3) is 5.80. The van der Waals surface area contributed by atoms with Crippen LogP contribution in [-0.4, -0.2) is 31.7 Å². The molecule has 1 unspecified atom stereocenters. The summed E-state index contributed by atoms with van der Waals surface area (Å²) in [6.45, 7) is 2.02. The number of carbonyl (C=O) groups is 1. The Morgan fingerprint density at radius 3 is 2.56 bits per heavy atom. The molecule has 0 saturated carbocycles. The number of para-hydroxylation sites is 1. The molecule has 1 fully saturated rings. The fourth-order valence-corrected chi connectivity index (χ4v) is 2.71. The smallest absolute Gasteiger partial charge is 0.221 e. The molecule has 3 rings (SSSR count). The molecule has 132 valence electrons. The van der Waals surface area contributed by atoms with Gasteiger partial charge >= 0.3 is 0 Å². The van der Waals surface area contributed by atoms with Gasteiger partial charge in [-0.1, -0.05) is 18.2 Å². The second-order valence-corrected chi connectivity index (χ2v) is 6.06. The molecule has 0 bridgehead atoms. The molecule has 1 aliphatic rings. The molecule has 0 radical (unpaired) electrons. The van der Waals surface area contributed by atoms with Crippen molar-refractivity contribution in [3.05, 3.63) is 54.6 Å². The molecule has 5 nitrogen and oxygen atoms in total. The Balaban J connectivity index is 1.36. The summed E-state index contributed by atoms with van der Waals surface area (Å²) in [4.78, 5) is 11.8. The number of nitrogens with one attached hydrogen (secondary N) is 2. The van der Waals surface area contributed by atoms with Gasteiger partial charge in [0.15, 0.2) is 0 Å². The van der Waals surface area contributed by atoms with Crippen molar-refractivity contribution in [2.24, 2.45) is 0 Å². The minimum absolute atomic E-state index is 0.0482. The molecule has 2 N–H and O–H groups in total. The second kappa shape index (κ2) is 9.08. The van der Waals surface area contributed by atoms with Crippen molar-refractivity contribution >= 4 is 11.6 Å². The zero-order valence-electron chi connectivity index (χ0n) is 14.2. The lowest BCUT2D eigenvalue weighted by atomic mass is 10.2. The maximum absolute atomic E-state index is 11.8. The predicted molar refractivity (Wildman–Crippen MR) is 98.0 cm³/mol. The van der Waals surface area contributed by atoms with E-state index in [0.717, 1.165) is 36.6 Å². The van der Waals surface area contributed by atoms with Crippen LogP contribution in [0.1, 0.15) is 19.3 Å². The Morgan fingerprint density at radius 1 is 1.08 bits per heavy atom. The first-order valence-corrected chi connectivity index (χ1v) is 8.75. The highest BCUT2D eigenvalue weighted by Gasteiger charge is 2.15. The largest absolute Gasteiger partial charge is 0.457 e. The minimum atomic E-state index is 0.0482. The lowest BCUT2D eigenvalue weighted by Gasteiger charge is -2.11. The number of rotatable bonds is 8. The van der Waals surface area contributed by atoms with Gasteiger partial charge in [0, 0.05) is 31.8 Å². The number of carbonyl (C=O) groups excluding carboxylic acids is 1. The van der Waals surface area contributed by atoms with Crippen LogP contribution < -0.4 is 15.4 Å². The van der Waals surface area contributed by atoms with E-state index in [1.807, 2.05) is 54.6 Å². The average molecular weight is 340 g/mol. The third-order valence-corrected chi connectivity index (χ3v) is 4.07. The minimum Gasteiger partial charge on any atom is -0.457 e. The van der Waals surface area contributed by atoms with Gasteiger partial charge in [-0.25, -0.2) is 0 Å². The van der Waals surface area contributed by atoms with Crippen molar-refractivity contribution in [3.8, 4) is 11.5 Å². The second-order valence-electron chi connectivity index (χ2n) is 6.06. The Kier molecular flexibility index (Phi) is 6.29. The summed E-state index contributed by atoms with van der Waals surface area (Å²) in [6, 6.07) is 17.4. The SMILES string of the molecule is O=C(CCNc1ccc(Oc2ccccc2)cc1)NCC1CCCO1. The van der Waals surface area contributed by atoms with Crippen molar-refractivity contribution in [2.75, 3.05) is 25.0 Å². The van der Waals surface area contributed by atoms with Crippen molar-refractivity contribution in [1.29, 1.82) is 0 Å². The first-order chi connectivity index (χ1) is 12.3. The van der Waals surface area contributed by atoms with E-state index in [0.29, 0.717) is 19.5 Å². The first-order valence-electron chi connectivity index (χ1n) is 8.75. The lowest BCUT2D eigenvalue weighted by molar-refractivity contribution is -0.121. The highest BCUT2D eigenvalue weighted by Crippen LogP contribution is 2.22. The summed E-state index contributed by atoms with van der Waals surface area (Å²) in [6.07, 6.45) is 2.76. The molecule has 0 spiro atoms. The third-order valence-electron chi connectivity index (χ3n) is 4.07. The Labute approximate surface area is 148 Å². The van der Waals surface area contributed by atoms with Crippen LogP contribution in [0.3, 0.4) is 0 Å². The van der Waals surface area contributed by atoms with Crippen LogP contribution in [-0.2, 0) is 9.53 Å². The maximum atomic E-state index is 11.8. The van der Waals surface area contributed by atoms with Gasteiger partial charge in [0.05, 0.1) is 6.10 Å². The van der Waals surface area contributed by atoms with E-state index in [9.17, 15) is 4.79 Å². The topological polar surface area (TPSA) is 59.6 Å². The maximum Gasteiger partial charge on any atom is 0.221 e. The number of hydrogen-bond acceptors (Lipinski definition) is 4. The van der Waals surface area contributed by atoms with E-state index in [-0.39, 0.29) is 12.0 Å². The fraction of sp³-hybridized carbons (Fsp3) is 0.350. The Morgan fingerprint density at radius 2 is 1.84 bits per heavy atom. The van der Waals surface area contributed by atoms with Crippen LogP contribution in [0, 0.1) is 0 Å². The molecule has 1 heterocycles. The summed E-state index contributed by atoms with van der Waals surface area (Å²) < 4.78 is 11.2. The van der Waals surface area contributed by atoms with Crippen molar-refractivity contribution in [1.82, 2.24) is 5.32 Å². The van der Waals surface area contributed by atoms with Gasteiger partial charge in [0.1, 0.15) is 11.5 Å². The van der Waals surface area contributed by atoms with E-state index in [2.05, 4.69) is 10.6 Å². The molecule has 0 aromatic heterocycles. The molecule has 2 aromatic carbocycles.